The van der Waals surface area contributed by atoms with Gasteiger partial charge in [0.15, 0.2) is 8.68 Å². The highest BCUT2D eigenvalue weighted by Crippen LogP contribution is 2.31. The van der Waals surface area contributed by atoms with E-state index in [0.717, 1.165) is 0 Å². The third kappa shape index (κ3) is 5.52. The van der Waals surface area contributed by atoms with Gasteiger partial charge in [0, 0.05) is 5.69 Å². The molecule has 2 amide bonds. The third-order valence-electron chi connectivity index (χ3n) is 2.63. The van der Waals surface area contributed by atoms with Gasteiger partial charge in [0.25, 0.3) is 0 Å². The fraction of sp³-hybridized carbons (Fsp3) is 0.214. The Morgan fingerprint density at radius 2 is 2.17 bits per heavy atom. The molecule has 0 fully saturated rings. The summed E-state index contributed by atoms with van der Waals surface area (Å²) in [7, 11) is 0. The van der Waals surface area contributed by atoms with E-state index >= 15 is 0 Å². The molecule has 0 aliphatic carbocycles. The minimum atomic E-state index is -0.420. The van der Waals surface area contributed by atoms with Crippen molar-refractivity contribution in [3.8, 4) is 6.07 Å². The van der Waals surface area contributed by atoms with Crippen LogP contribution < -0.4 is 11.1 Å². The van der Waals surface area contributed by atoms with E-state index < -0.39 is 11.2 Å². The number of thioether (sulfide) groups is 2. The van der Waals surface area contributed by atoms with Crippen LogP contribution >= 0.6 is 34.9 Å². The first-order valence-corrected chi connectivity index (χ1v) is 9.38. The maximum absolute atomic E-state index is 12.2. The normalized spacial score (nSPS) is 11.5. The molecule has 124 valence electrons. The zero-order chi connectivity index (χ0) is 17.5. The highest BCUT2D eigenvalue weighted by molar-refractivity contribution is 8.04. The maximum Gasteiger partial charge on any atom is 0.237 e. The number of nitrogens with two attached hydrogens (primary N) is 1. The number of aromatic nitrogens is 2. The fourth-order valence-corrected chi connectivity index (χ4v) is 4.45. The minimum absolute atomic E-state index is 0.143. The fourth-order valence-electron chi connectivity index (χ4n) is 1.55. The van der Waals surface area contributed by atoms with Crippen molar-refractivity contribution in [1.29, 1.82) is 5.26 Å². The van der Waals surface area contributed by atoms with Crippen LogP contribution in [-0.4, -0.2) is 33.0 Å². The van der Waals surface area contributed by atoms with Crippen LogP contribution in [0.15, 0.2) is 32.9 Å². The second kappa shape index (κ2) is 8.68. The minimum Gasteiger partial charge on any atom is -0.369 e. The second-order valence-corrected chi connectivity index (χ2v) is 8.32. The number of amides is 2. The number of hydrogen-bond donors (Lipinski definition) is 2. The number of hydrogen-bond acceptors (Lipinski definition) is 8. The van der Waals surface area contributed by atoms with Crippen molar-refractivity contribution < 1.29 is 9.59 Å². The predicted octanol–water partition coefficient (Wildman–Crippen LogP) is 2.11. The Labute approximate surface area is 151 Å². The van der Waals surface area contributed by atoms with Gasteiger partial charge in [-0.25, -0.2) is 0 Å². The predicted molar refractivity (Wildman–Crippen MR) is 94.9 cm³/mol. The quantitative estimate of drug-likeness (QED) is 0.706. The lowest BCUT2D eigenvalue weighted by atomic mass is 10.2. The van der Waals surface area contributed by atoms with Crippen molar-refractivity contribution in [3.63, 3.8) is 0 Å². The van der Waals surface area contributed by atoms with Gasteiger partial charge in [-0.1, -0.05) is 40.9 Å². The lowest BCUT2D eigenvalue weighted by Crippen LogP contribution is -2.22. The molecule has 24 heavy (non-hydrogen) atoms. The molecule has 1 heterocycles. The maximum atomic E-state index is 12.2. The van der Waals surface area contributed by atoms with Crippen molar-refractivity contribution in [2.75, 3.05) is 11.1 Å². The van der Waals surface area contributed by atoms with E-state index in [1.54, 1.807) is 31.2 Å². The molecule has 1 atom stereocenters. The van der Waals surface area contributed by atoms with Gasteiger partial charge in [-0.05, 0) is 25.1 Å². The molecule has 2 rings (SSSR count). The van der Waals surface area contributed by atoms with Crippen LogP contribution in [0.1, 0.15) is 12.5 Å². The average Bonchev–Trinajstić information content (AvgIpc) is 3.00. The summed E-state index contributed by atoms with van der Waals surface area (Å²) >= 11 is 3.80. The van der Waals surface area contributed by atoms with Gasteiger partial charge >= 0.3 is 0 Å². The molecule has 1 aromatic heterocycles. The van der Waals surface area contributed by atoms with E-state index in [1.807, 2.05) is 6.07 Å². The second-order valence-electron chi connectivity index (χ2n) is 4.53. The summed E-state index contributed by atoms with van der Waals surface area (Å²) in [4.78, 5) is 23.0. The summed E-state index contributed by atoms with van der Waals surface area (Å²) in [5, 5.41) is 19.2. The molecule has 10 heteroatoms. The van der Waals surface area contributed by atoms with Crippen LogP contribution in [-0.2, 0) is 9.59 Å². The van der Waals surface area contributed by atoms with Gasteiger partial charge < -0.3 is 11.1 Å². The first kappa shape index (κ1) is 18.3. The number of rotatable bonds is 7. The van der Waals surface area contributed by atoms with Crippen LogP contribution in [0.3, 0.4) is 0 Å². The third-order valence-corrected chi connectivity index (χ3v) is 5.89. The molecule has 0 spiro atoms. The van der Waals surface area contributed by atoms with Crippen LogP contribution in [0.4, 0.5) is 5.69 Å². The van der Waals surface area contributed by atoms with Crippen molar-refractivity contribution in [3.05, 3.63) is 29.8 Å². The Kier molecular flexibility index (Phi) is 6.60. The molecular weight excluding hydrogens is 366 g/mol. The van der Waals surface area contributed by atoms with Crippen LogP contribution in [0.5, 0.6) is 0 Å². The number of nitrogens with one attached hydrogen (secondary N) is 1. The van der Waals surface area contributed by atoms with E-state index in [4.69, 9.17) is 11.0 Å². The number of primary amides is 1. The van der Waals surface area contributed by atoms with Gasteiger partial charge in [0.05, 0.1) is 22.6 Å². The average molecular weight is 379 g/mol. The van der Waals surface area contributed by atoms with E-state index in [1.165, 1.54) is 34.9 Å². The smallest absolute Gasteiger partial charge is 0.237 e. The number of carbonyl (C=O) groups is 2. The SMILES string of the molecule is C[C@@H](Sc1nnc(SCC(N)=O)s1)C(=O)Nc1cccc(C#N)c1. The summed E-state index contributed by atoms with van der Waals surface area (Å²) in [6.45, 7) is 1.76. The van der Waals surface area contributed by atoms with Crippen LogP contribution in [0.25, 0.3) is 0 Å². The summed E-state index contributed by atoms with van der Waals surface area (Å²) < 4.78 is 1.26. The zero-order valence-electron chi connectivity index (χ0n) is 12.6. The molecule has 0 saturated heterocycles. The highest BCUT2D eigenvalue weighted by atomic mass is 32.2. The summed E-state index contributed by atoms with van der Waals surface area (Å²) in [6, 6.07) is 8.73. The van der Waals surface area contributed by atoms with Crippen molar-refractivity contribution in [2.24, 2.45) is 5.73 Å². The first-order chi connectivity index (χ1) is 11.5. The van der Waals surface area contributed by atoms with Gasteiger partial charge in [0.2, 0.25) is 11.8 Å². The topological polar surface area (TPSA) is 122 Å². The number of anilines is 1. The molecule has 0 unspecified atom stereocenters. The van der Waals surface area contributed by atoms with E-state index in [2.05, 4.69) is 15.5 Å². The Morgan fingerprint density at radius 3 is 2.88 bits per heavy atom. The van der Waals surface area contributed by atoms with Crippen molar-refractivity contribution >= 4 is 52.4 Å². The number of nitrogens with zero attached hydrogens (tertiary/aromatic N) is 3. The molecule has 7 nitrogen and oxygen atoms in total. The Hall–Kier alpha value is -2.09. The van der Waals surface area contributed by atoms with Crippen LogP contribution in [0, 0.1) is 11.3 Å². The van der Waals surface area contributed by atoms with Crippen LogP contribution in [0.2, 0.25) is 0 Å². The number of nitriles is 1. The number of benzene rings is 1. The van der Waals surface area contributed by atoms with Gasteiger partial charge in [0.1, 0.15) is 0 Å². The molecule has 2 aromatic rings. The monoisotopic (exact) mass is 379 g/mol. The highest BCUT2D eigenvalue weighted by Gasteiger charge is 2.17. The Morgan fingerprint density at radius 1 is 1.42 bits per heavy atom. The molecular formula is C14H13N5O2S3. The molecule has 0 bridgehead atoms. The molecule has 0 aliphatic rings. The van der Waals surface area contributed by atoms with Crippen molar-refractivity contribution in [1.82, 2.24) is 10.2 Å². The summed E-state index contributed by atoms with van der Waals surface area (Å²) in [5.41, 5.74) is 6.13. The Bertz CT molecular complexity index is 787. The van der Waals surface area contributed by atoms with Gasteiger partial charge in [-0.15, -0.1) is 10.2 Å². The van der Waals surface area contributed by atoms with Gasteiger partial charge in [-0.3, -0.25) is 9.59 Å². The summed E-state index contributed by atoms with van der Waals surface area (Å²) in [5.74, 6) is -0.474. The van der Waals surface area contributed by atoms with Crippen molar-refractivity contribution in [2.45, 2.75) is 20.9 Å². The Balaban J connectivity index is 1.91. The lowest BCUT2D eigenvalue weighted by Gasteiger charge is -2.10. The number of carbonyl (C=O) groups excluding carboxylic acids is 2. The molecule has 0 radical (unpaired) electrons. The standard InChI is InChI=1S/C14H13N5O2S3/c1-8(12(21)17-10-4-2-3-9(5-10)6-15)23-14-19-18-13(24-14)22-7-11(16)20/h2-5,8H,7H2,1H3,(H2,16,20)(H,17,21)/t8-/m1/s1. The van der Waals surface area contributed by atoms with E-state index in [0.29, 0.717) is 19.9 Å². The molecule has 3 N–H and O–H groups in total. The summed E-state index contributed by atoms with van der Waals surface area (Å²) in [6.07, 6.45) is 0. The van der Waals surface area contributed by atoms with E-state index in [9.17, 15) is 9.59 Å². The van der Waals surface area contributed by atoms with Gasteiger partial charge in [-0.2, -0.15) is 5.26 Å². The molecule has 0 saturated carbocycles. The largest absolute Gasteiger partial charge is 0.369 e. The first-order valence-electron chi connectivity index (χ1n) is 6.70. The zero-order valence-corrected chi connectivity index (χ0v) is 15.0. The molecule has 1 aromatic carbocycles. The molecule has 0 aliphatic heterocycles. The van der Waals surface area contributed by atoms with E-state index in [-0.39, 0.29) is 11.7 Å². The lowest BCUT2D eigenvalue weighted by molar-refractivity contribution is -0.116.